The van der Waals surface area contributed by atoms with Crippen molar-refractivity contribution in [2.45, 2.75) is 13.3 Å². The number of anilines is 1. The number of benzene rings is 1. The predicted octanol–water partition coefficient (Wildman–Crippen LogP) is 1.17. The molecule has 0 heterocycles. The zero-order valence-corrected chi connectivity index (χ0v) is 8.82. The van der Waals surface area contributed by atoms with Gasteiger partial charge in [0.2, 0.25) is 5.91 Å². The summed E-state index contributed by atoms with van der Waals surface area (Å²) in [5.74, 6) is 0.676. The van der Waals surface area contributed by atoms with Crippen molar-refractivity contribution in [3.8, 4) is 5.75 Å². The Morgan fingerprint density at radius 1 is 1.47 bits per heavy atom. The molecule has 0 bridgehead atoms. The number of nitrogens with two attached hydrogens (primary N) is 1. The summed E-state index contributed by atoms with van der Waals surface area (Å²) in [4.78, 5) is 10.6. The Morgan fingerprint density at radius 3 is 2.87 bits per heavy atom. The topological polar surface area (TPSA) is 64.3 Å². The van der Waals surface area contributed by atoms with Crippen LogP contribution in [0.5, 0.6) is 5.75 Å². The lowest BCUT2D eigenvalue weighted by atomic mass is 10.3. The first-order chi connectivity index (χ1) is 7.20. The fraction of sp³-hybridized carbons (Fsp3) is 0.364. The molecule has 1 aromatic rings. The molecule has 4 heteroatoms. The van der Waals surface area contributed by atoms with Gasteiger partial charge in [-0.2, -0.15) is 0 Å². The fourth-order valence-corrected chi connectivity index (χ4v) is 1.13. The number of nitrogen functional groups attached to an aromatic ring is 1. The van der Waals surface area contributed by atoms with Crippen LogP contribution in [0.4, 0.5) is 5.69 Å². The number of ether oxygens (including phenoxy) is 1. The Hall–Kier alpha value is -1.71. The molecule has 0 aliphatic heterocycles. The number of rotatable bonds is 5. The summed E-state index contributed by atoms with van der Waals surface area (Å²) in [7, 11) is 0. The predicted molar refractivity (Wildman–Crippen MR) is 59.7 cm³/mol. The average molecular weight is 208 g/mol. The van der Waals surface area contributed by atoms with Gasteiger partial charge in [0.05, 0.1) is 12.3 Å². The Bertz CT molecular complexity index is 326. The monoisotopic (exact) mass is 208 g/mol. The van der Waals surface area contributed by atoms with Gasteiger partial charge in [0.15, 0.2) is 0 Å². The summed E-state index contributed by atoms with van der Waals surface area (Å²) in [5.41, 5.74) is 6.32. The highest BCUT2D eigenvalue weighted by molar-refractivity contribution is 5.72. The minimum atomic E-state index is -0.0192. The maximum absolute atomic E-state index is 10.6. The third kappa shape index (κ3) is 4.35. The van der Waals surface area contributed by atoms with Gasteiger partial charge in [0, 0.05) is 13.5 Å². The van der Waals surface area contributed by atoms with E-state index in [9.17, 15) is 4.79 Å². The molecular weight excluding hydrogens is 192 g/mol. The maximum atomic E-state index is 10.6. The van der Waals surface area contributed by atoms with E-state index in [2.05, 4.69) is 5.32 Å². The summed E-state index contributed by atoms with van der Waals surface area (Å²) in [6.45, 7) is 2.67. The van der Waals surface area contributed by atoms with Crippen LogP contribution < -0.4 is 15.8 Å². The molecule has 82 valence electrons. The first kappa shape index (κ1) is 11.4. The molecule has 0 spiro atoms. The van der Waals surface area contributed by atoms with Crippen LogP contribution in [0.15, 0.2) is 24.3 Å². The van der Waals surface area contributed by atoms with Gasteiger partial charge in [-0.25, -0.2) is 0 Å². The Labute approximate surface area is 89.4 Å². The van der Waals surface area contributed by atoms with Crippen LogP contribution in [0.2, 0.25) is 0 Å². The molecule has 1 aromatic carbocycles. The maximum Gasteiger partial charge on any atom is 0.216 e. The smallest absolute Gasteiger partial charge is 0.216 e. The van der Waals surface area contributed by atoms with Gasteiger partial charge in [-0.15, -0.1) is 0 Å². The summed E-state index contributed by atoms with van der Waals surface area (Å²) in [6.07, 6.45) is 0.772. The van der Waals surface area contributed by atoms with E-state index < -0.39 is 0 Å². The number of para-hydroxylation sites is 2. The lowest BCUT2D eigenvalue weighted by Gasteiger charge is -2.08. The van der Waals surface area contributed by atoms with Crippen LogP contribution in [-0.4, -0.2) is 19.1 Å². The molecule has 0 radical (unpaired) electrons. The standard InChI is InChI=1S/C11H16N2O2/c1-9(14)13-7-4-8-15-11-6-3-2-5-10(11)12/h2-3,5-6H,4,7-8,12H2,1H3,(H,13,14). The van der Waals surface area contributed by atoms with Gasteiger partial charge >= 0.3 is 0 Å². The van der Waals surface area contributed by atoms with Crippen molar-refractivity contribution < 1.29 is 9.53 Å². The summed E-state index contributed by atoms with van der Waals surface area (Å²) >= 11 is 0. The average Bonchev–Trinajstić information content (AvgIpc) is 2.20. The first-order valence-electron chi connectivity index (χ1n) is 4.92. The molecule has 0 atom stereocenters. The molecular formula is C11H16N2O2. The minimum absolute atomic E-state index is 0.0192. The normalized spacial score (nSPS) is 9.67. The second-order valence-corrected chi connectivity index (χ2v) is 3.22. The number of amides is 1. The van der Waals surface area contributed by atoms with Gasteiger partial charge in [0.1, 0.15) is 5.75 Å². The lowest BCUT2D eigenvalue weighted by molar-refractivity contribution is -0.118. The Kier molecular flexibility index (Phi) is 4.47. The van der Waals surface area contributed by atoms with Crippen molar-refractivity contribution in [1.82, 2.24) is 5.32 Å². The molecule has 0 aromatic heterocycles. The highest BCUT2D eigenvalue weighted by Crippen LogP contribution is 2.19. The molecule has 1 amide bonds. The zero-order valence-electron chi connectivity index (χ0n) is 8.82. The molecule has 15 heavy (non-hydrogen) atoms. The quantitative estimate of drug-likeness (QED) is 0.564. The number of hydrogen-bond acceptors (Lipinski definition) is 3. The van der Waals surface area contributed by atoms with Crippen LogP contribution >= 0.6 is 0 Å². The SMILES string of the molecule is CC(=O)NCCCOc1ccccc1N. The third-order valence-corrected chi connectivity index (χ3v) is 1.87. The van der Waals surface area contributed by atoms with E-state index in [4.69, 9.17) is 10.5 Å². The molecule has 0 fully saturated rings. The van der Waals surface area contributed by atoms with E-state index in [0.29, 0.717) is 24.6 Å². The summed E-state index contributed by atoms with van der Waals surface area (Å²) < 4.78 is 5.44. The zero-order chi connectivity index (χ0) is 11.1. The Balaban J connectivity index is 2.21. The van der Waals surface area contributed by atoms with Gasteiger partial charge in [-0.1, -0.05) is 12.1 Å². The first-order valence-corrected chi connectivity index (χ1v) is 4.92. The Morgan fingerprint density at radius 2 is 2.20 bits per heavy atom. The second kappa shape index (κ2) is 5.90. The van der Waals surface area contributed by atoms with E-state index in [-0.39, 0.29) is 5.91 Å². The van der Waals surface area contributed by atoms with Crippen molar-refractivity contribution >= 4 is 11.6 Å². The van der Waals surface area contributed by atoms with Crippen molar-refractivity contribution in [1.29, 1.82) is 0 Å². The fourth-order valence-electron chi connectivity index (χ4n) is 1.13. The summed E-state index contributed by atoms with van der Waals surface area (Å²) in [6, 6.07) is 7.36. The van der Waals surface area contributed by atoms with Crippen LogP contribution in [0.3, 0.4) is 0 Å². The molecule has 1 rings (SSSR count). The molecule has 0 saturated heterocycles. The van der Waals surface area contributed by atoms with Gasteiger partial charge in [-0.3, -0.25) is 4.79 Å². The molecule has 0 saturated carbocycles. The van der Waals surface area contributed by atoms with Crippen molar-refractivity contribution in [2.75, 3.05) is 18.9 Å². The minimum Gasteiger partial charge on any atom is -0.491 e. The van der Waals surface area contributed by atoms with Gasteiger partial charge in [0.25, 0.3) is 0 Å². The van der Waals surface area contributed by atoms with E-state index in [0.717, 1.165) is 6.42 Å². The molecule has 0 unspecified atom stereocenters. The van der Waals surface area contributed by atoms with Gasteiger partial charge in [-0.05, 0) is 18.6 Å². The number of carbonyl (C=O) groups excluding carboxylic acids is 1. The molecule has 4 nitrogen and oxygen atoms in total. The highest BCUT2D eigenvalue weighted by Gasteiger charge is 1.97. The van der Waals surface area contributed by atoms with Crippen molar-refractivity contribution in [3.63, 3.8) is 0 Å². The summed E-state index contributed by atoms with van der Waals surface area (Å²) in [5, 5.41) is 2.70. The van der Waals surface area contributed by atoms with E-state index in [1.54, 1.807) is 6.07 Å². The second-order valence-electron chi connectivity index (χ2n) is 3.22. The molecule has 3 N–H and O–H groups in total. The largest absolute Gasteiger partial charge is 0.491 e. The molecule has 0 aliphatic rings. The van der Waals surface area contributed by atoms with Crippen LogP contribution in [0, 0.1) is 0 Å². The van der Waals surface area contributed by atoms with E-state index in [1.165, 1.54) is 6.92 Å². The highest BCUT2D eigenvalue weighted by atomic mass is 16.5. The number of carbonyl (C=O) groups is 1. The van der Waals surface area contributed by atoms with Crippen LogP contribution in [0.25, 0.3) is 0 Å². The van der Waals surface area contributed by atoms with Gasteiger partial charge < -0.3 is 15.8 Å². The van der Waals surface area contributed by atoms with E-state index >= 15 is 0 Å². The number of hydrogen-bond donors (Lipinski definition) is 2. The van der Waals surface area contributed by atoms with Crippen LogP contribution in [0.1, 0.15) is 13.3 Å². The number of nitrogens with one attached hydrogen (secondary N) is 1. The van der Waals surface area contributed by atoms with Crippen molar-refractivity contribution in [3.05, 3.63) is 24.3 Å². The van der Waals surface area contributed by atoms with E-state index in [1.807, 2.05) is 18.2 Å². The third-order valence-electron chi connectivity index (χ3n) is 1.87. The lowest BCUT2D eigenvalue weighted by Crippen LogP contribution is -2.22. The molecule has 0 aliphatic carbocycles. The van der Waals surface area contributed by atoms with Crippen LogP contribution in [-0.2, 0) is 4.79 Å². The van der Waals surface area contributed by atoms with Crippen molar-refractivity contribution in [2.24, 2.45) is 0 Å².